The van der Waals surface area contributed by atoms with Gasteiger partial charge in [0, 0.05) is 5.56 Å². The minimum Gasteiger partial charge on any atom is -0.495 e. The molecule has 98 valence electrons. The van der Waals surface area contributed by atoms with Gasteiger partial charge >= 0.3 is 0 Å². The van der Waals surface area contributed by atoms with Crippen LogP contribution in [0.4, 0.5) is 10.1 Å². The number of nitrogens with one attached hydrogen (secondary N) is 1. The third kappa shape index (κ3) is 2.55. The summed E-state index contributed by atoms with van der Waals surface area (Å²) in [6, 6.07) is 4.40. The van der Waals surface area contributed by atoms with E-state index in [-0.39, 0.29) is 11.9 Å². The van der Waals surface area contributed by atoms with Gasteiger partial charge in [0.1, 0.15) is 11.9 Å². The summed E-state index contributed by atoms with van der Waals surface area (Å²) in [4.78, 5) is 12.0. The van der Waals surface area contributed by atoms with Crippen LogP contribution in [-0.2, 0) is 0 Å². The number of nitrogen functional groups attached to an aromatic ring is 1. The number of rotatable bonds is 3. The SMILES string of the molecule is COc1cc(C(=O)N[C@@H]2CCC[C@@H]2F)ccc1N. The van der Waals surface area contributed by atoms with Gasteiger partial charge in [-0.2, -0.15) is 0 Å². The van der Waals surface area contributed by atoms with Crippen molar-refractivity contribution in [2.24, 2.45) is 0 Å². The molecule has 0 unspecified atom stereocenters. The molecule has 1 aliphatic carbocycles. The number of carbonyl (C=O) groups is 1. The minimum absolute atomic E-state index is 0.289. The van der Waals surface area contributed by atoms with Crippen molar-refractivity contribution in [3.8, 4) is 5.75 Å². The van der Waals surface area contributed by atoms with Gasteiger partial charge in [0.2, 0.25) is 0 Å². The van der Waals surface area contributed by atoms with Gasteiger partial charge in [-0.3, -0.25) is 4.79 Å². The molecule has 1 aromatic carbocycles. The van der Waals surface area contributed by atoms with E-state index in [0.29, 0.717) is 29.8 Å². The van der Waals surface area contributed by atoms with Gasteiger partial charge in [0.25, 0.3) is 5.91 Å². The van der Waals surface area contributed by atoms with E-state index in [1.54, 1.807) is 18.2 Å². The average Bonchev–Trinajstić information content (AvgIpc) is 2.75. The summed E-state index contributed by atoms with van der Waals surface area (Å²) in [5.41, 5.74) is 6.57. The second-order valence-corrected chi connectivity index (χ2v) is 4.48. The predicted molar refractivity (Wildman–Crippen MR) is 67.4 cm³/mol. The largest absolute Gasteiger partial charge is 0.495 e. The molecular formula is C13H17FN2O2. The number of hydrogen-bond acceptors (Lipinski definition) is 3. The second kappa shape index (κ2) is 5.25. The maximum absolute atomic E-state index is 13.4. The Balaban J connectivity index is 2.09. The van der Waals surface area contributed by atoms with Crippen molar-refractivity contribution in [3.63, 3.8) is 0 Å². The summed E-state index contributed by atoms with van der Waals surface area (Å²) in [5, 5.41) is 2.71. The lowest BCUT2D eigenvalue weighted by Gasteiger charge is -2.15. The first-order chi connectivity index (χ1) is 8.61. The summed E-state index contributed by atoms with van der Waals surface area (Å²) < 4.78 is 18.5. The number of alkyl halides is 1. The Hall–Kier alpha value is -1.78. The van der Waals surface area contributed by atoms with Crippen molar-refractivity contribution < 1.29 is 13.9 Å². The van der Waals surface area contributed by atoms with Gasteiger partial charge in [0.05, 0.1) is 18.8 Å². The number of anilines is 1. The predicted octanol–water partition coefficient (Wildman–Crippen LogP) is 1.90. The quantitative estimate of drug-likeness (QED) is 0.807. The number of hydrogen-bond donors (Lipinski definition) is 2. The third-order valence-electron chi connectivity index (χ3n) is 3.24. The molecule has 0 bridgehead atoms. The first kappa shape index (κ1) is 12.7. The van der Waals surface area contributed by atoms with Crippen molar-refractivity contribution >= 4 is 11.6 Å². The maximum Gasteiger partial charge on any atom is 0.251 e. The van der Waals surface area contributed by atoms with Crippen molar-refractivity contribution in [1.82, 2.24) is 5.32 Å². The Morgan fingerprint density at radius 1 is 1.50 bits per heavy atom. The number of carbonyl (C=O) groups excluding carboxylic acids is 1. The minimum atomic E-state index is -0.940. The number of methoxy groups -OCH3 is 1. The van der Waals surface area contributed by atoms with E-state index in [9.17, 15) is 9.18 Å². The van der Waals surface area contributed by atoms with E-state index in [1.165, 1.54) is 7.11 Å². The van der Waals surface area contributed by atoms with Gasteiger partial charge in [-0.25, -0.2) is 4.39 Å². The summed E-state index contributed by atoms with van der Waals surface area (Å²) in [7, 11) is 1.49. The molecule has 0 saturated heterocycles. The van der Waals surface area contributed by atoms with E-state index in [1.807, 2.05) is 0 Å². The summed E-state index contributed by atoms with van der Waals surface area (Å²) in [6.45, 7) is 0. The summed E-state index contributed by atoms with van der Waals surface area (Å²) >= 11 is 0. The van der Waals surface area contributed by atoms with Gasteiger partial charge in [-0.1, -0.05) is 0 Å². The van der Waals surface area contributed by atoms with Crippen molar-refractivity contribution in [2.45, 2.75) is 31.5 Å². The molecule has 1 aromatic rings. The molecule has 1 aliphatic rings. The van der Waals surface area contributed by atoms with Crippen LogP contribution in [0.25, 0.3) is 0 Å². The Labute approximate surface area is 105 Å². The molecule has 0 spiro atoms. The number of amides is 1. The van der Waals surface area contributed by atoms with Crippen LogP contribution in [0.2, 0.25) is 0 Å². The van der Waals surface area contributed by atoms with Crippen molar-refractivity contribution in [3.05, 3.63) is 23.8 Å². The normalized spacial score (nSPS) is 22.8. The van der Waals surface area contributed by atoms with E-state index in [4.69, 9.17) is 10.5 Å². The molecule has 1 saturated carbocycles. The topological polar surface area (TPSA) is 64.3 Å². The third-order valence-corrected chi connectivity index (χ3v) is 3.24. The van der Waals surface area contributed by atoms with Crippen LogP contribution in [0.15, 0.2) is 18.2 Å². The number of ether oxygens (including phenoxy) is 1. The molecule has 0 radical (unpaired) electrons. The van der Waals surface area contributed by atoms with Crippen LogP contribution in [0.5, 0.6) is 5.75 Å². The molecule has 0 aromatic heterocycles. The second-order valence-electron chi connectivity index (χ2n) is 4.48. The Kier molecular flexibility index (Phi) is 3.69. The zero-order valence-corrected chi connectivity index (χ0v) is 10.3. The molecular weight excluding hydrogens is 235 g/mol. The lowest BCUT2D eigenvalue weighted by Crippen LogP contribution is -2.38. The van der Waals surface area contributed by atoms with E-state index in [0.717, 1.165) is 6.42 Å². The Morgan fingerprint density at radius 3 is 2.89 bits per heavy atom. The fraction of sp³-hybridized carbons (Fsp3) is 0.462. The van der Waals surface area contributed by atoms with Crippen LogP contribution in [-0.4, -0.2) is 25.2 Å². The monoisotopic (exact) mass is 252 g/mol. The molecule has 3 N–H and O–H groups in total. The van der Waals surface area contributed by atoms with Crippen molar-refractivity contribution in [2.75, 3.05) is 12.8 Å². The average molecular weight is 252 g/mol. The summed E-state index contributed by atoms with van der Waals surface area (Å²) in [6.07, 6.45) is 1.09. The van der Waals surface area contributed by atoms with Crippen LogP contribution < -0.4 is 15.8 Å². The molecule has 18 heavy (non-hydrogen) atoms. The Bertz CT molecular complexity index is 451. The molecule has 5 heteroatoms. The smallest absolute Gasteiger partial charge is 0.251 e. The zero-order valence-electron chi connectivity index (χ0n) is 10.3. The lowest BCUT2D eigenvalue weighted by atomic mass is 10.1. The van der Waals surface area contributed by atoms with Gasteiger partial charge < -0.3 is 15.8 Å². The molecule has 0 aliphatic heterocycles. The maximum atomic E-state index is 13.4. The fourth-order valence-electron chi connectivity index (χ4n) is 2.18. The number of benzene rings is 1. The Morgan fingerprint density at radius 2 is 2.28 bits per heavy atom. The zero-order chi connectivity index (χ0) is 13.1. The van der Waals surface area contributed by atoms with Gasteiger partial charge in [-0.05, 0) is 37.5 Å². The first-order valence-electron chi connectivity index (χ1n) is 6.00. The van der Waals surface area contributed by atoms with E-state index < -0.39 is 6.17 Å². The van der Waals surface area contributed by atoms with E-state index >= 15 is 0 Å². The molecule has 1 amide bonds. The molecule has 2 rings (SSSR count). The van der Waals surface area contributed by atoms with E-state index in [2.05, 4.69) is 5.32 Å². The molecule has 0 heterocycles. The van der Waals surface area contributed by atoms with Crippen LogP contribution in [0.1, 0.15) is 29.6 Å². The van der Waals surface area contributed by atoms with Crippen LogP contribution in [0.3, 0.4) is 0 Å². The number of nitrogens with two attached hydrogens (primary N) is 1. The fourth-order valence-corrected chi connectivity index (χ4v) is 2.18. The van der Waals surface area contributed by atoms with Gasteiger partial charge in [-0.15, -0.1) is 0 Å². The lowest BCUT2D eigenvalue weighted by molar-refractivity contribution is 0.0919. The van der Waals surface area contributed by atoms with Crippen molar-refractivity contribution in [1.29, 1.82) is 0 Å². The highest BCUT2D eigenvalue weighted by Gasteiger charge is 2.28. The first-order valence-corrected chi connectivity index (χ1v) is 6.00. The number of halogens is 1. The summed E-state index contributed by atoms with van der Waals surface area (Å²) in [5.74, 6) is 0.161. The van der Waals surface area contributed by atoms with Gasteiger partial charge in [0.15, 0.2) is 0 Å². The molecule has 4 nitrogen and oxygen atoms in total. The standard InChI is InChI=1S/C13H17FN2O2/c1-18-12-7-8(5-6-10(12)15)13(17)16-11-4-2-3-9(11)14/h5-7,9,11H,2-4,15H2,1H3,(H,16,17)/t9-,11+/m0/s1. The highest BCUT2D eigenvalue weighted by atomic mass is 19.1. The molecule has 2 atom stereocenters. The highest BCUT2D eigenvalue weighted by molar-refractivity contribution is 5.95. The van der Waals surface area contributed by atoms with Crippen LogP contribution in [0, 0.1) is 0 Å². The highest BCUT2D eigenvalue weighted by Crippen LogP contribution is 2.24. The van der Waals surface area contributed by atoms with Crippen LogP contribution >= 0.6 is 0 Å². The molecule has 1 fully saturated rings.